The average Bonchev–Trinajstić information content (AvgIpc) is 3.20. The number of carboxylic acid groups (broad SMARTS) is 1. The van der Waals surface area contributed by atoms with Crippen LogP contribution < -0.4 is 5.32 Å². The number of fused-ring (bicyclic) bond motifs is 2. The Labute approximate surface area is 200 Å². The smallest absolute Gasteiger partial charge is 0.338 e. The number of anilines is 1. The van der Waals surface area contributed by atoms with Gasteiger partial charge >= 0.3 is 5.97 Å². The van der Waals surface area contributed by atoms with E-state index in [0.29, 0.717) is 11.7 Å². The molecule has 0 atom stereocenters. The molecule has 0 bridgehead atoms. The Hall–Kier alpha value is -3.66. The molecule has 1 aromatic heterocycles. The van der Waals surface area contributed by atoms with E-state index in [4.69, 9.17) is 4.98 Å². The van der Waals surface area contributed by atoms with E-state index in [1.807, 2.05) is 36.4 Å². The van der Waals surface area contributed by atoms with Crippen molar-refractivity contribution in [1.29, 1.82) is 0 Å². The summed E-state index contributed by atoms with van der Waals surface area (Å²) in [6.07, 6.45) is 1.96. The van der Waals surface area contributed by atoms with Gasteiger partial charge in [-0.05, 0) is 59.6 Å². The van der Waals surface area contributed by atoms with Crippen molar-refractivity contribution < 1.29 is 9.90 Å². The number of hydrogen-bond donors (Lipinski definition) is 2. The Morgan fingerprint density at radius 3 is 2.15 bits per heavy atom. The summed E-state index contributed by atoms with van der Waals surface area (Å²) in [5.41, 5.74) is 8.00. The zero-order chi connectivity index (χ0) is 24.0. The molecular weight excluding hydrogens is 420 g/mol. The lowest BCUT2D eigenvalue weighted by molar-refractivity contribution is 0.0696. The van der Waals surface area contributed by atoms with Crippen LogP contribution in [0.2, 0.25) is 0 Å². The van der Waals surface area contributed by atoms with Crippen LogP contribution in [0.4, 0.5) is 5.69 Å². The summed E-state index contributed by atoms with van der Waals surface area (Å²) in [5, 5.41) is 14.9. The van der Waals surface area contributed by atoms with E-state index in [1.54, 1.807) is 6.92 Å². The summed E-state index contributed by atoms with van der Waals surface area (Å²) < 4.78 is 0. The van der Waals surface area contributed by atoms with Crippen LogP contribution in [-0.2, 0) is 18.3 Å². The number of benzene rings is 3. The van der Waals surface area contributed by atoms with Gasteiger partial charge in [0.1, 0.15) is 0 Å². The van der Waals surface area contributed by atoms with Crippen molar-refractivity contribution in [2.75, 3.05) is 5.32 Å². The maximum absolute atomic E-state index is 12.5. The van der Waals surface area contributed by atoms with Crippen LogP contribution in [0.3, 0.4) is 0 Å². The van der Waals surface area contributed by atoms with E-state index < -0.39 is 5.97 Å². The maximum atomic E-state index is 12.5. The number of aromatic carboxylic acids is 1. The molecule has 34 heavy (non-hydrogen) atoms. The molecular formula is C30H30N2O2. The normalized spacial score (nSPS) is 13.8. The third-order valence-corrected chi connectivity index (χ3v) is 6.77. The highest BCUT2D eigenvalue weighted by Gasteiger charge is 2.29. The number of rotatable bonds is 4. The van der Waals surface area contributed by atoms with Gasteiger partial charge in [-0.2, -0.15) is 0 Å². The SMILES string of the molecule is Cc1nc2ccc(NC3Cc4ccccc4C3)c(C(C)(C)C)c2c(-c2ccccc2)c1C(=O)O. The van der Waals surface area contributed by atoms with E-state index in [-0.39, 0.29) is 11.0 Å². The number of carboxylic acids is 1. The van der Waals surface area contributed by atoms with Crippen LogP contribution in [0.25, 0.3) is 22.0 Å². The van der Waals surface area contributed by atoms with Gasteiger partial charge < -0.3 is 10.4 Å². The molecule has 4 nitrogen and oxygen atoms in total. The Kier molecular flexibility index (Phi) is 5.40. The highest BCUT2D eigenvalue weighted by molar-refractivity contribution is 6.09. The van der Waals surface area contributed by atoms with Gasteiger partial charge in [0.25, 0.3) is 0 Å². The van der Waals surface area contributed by atoms with Crippen molar-refractivity contribution >= 4 is 22.6 Å². The van der Waals surface area contributed by atoms with Gasteiger partial charge in [-0.15, -0.1) is 0 Å². The first-order valence-electron chi connectivity index (χ1n) is 11.8. The van der Waals surface area contributed by atoms with E-state index in [1.165, 1.54) is 11.1 Å². The molecule has 4 aromatic rings. The number of aromatic nitrogens is 1. The predicted molar refractivity (Wildman–Crippen MR) is 139 cm³/mol. The van der Waals surface area contributed by atoms with Crippen LogP contribution in [0.5, 0.6) is 0 Å². The van der Waals surface area contributed by atoms with Crippen LogP contribution in [0, 0.1) is 6.92 Å². The second-order valence-corrected chi connectivity index (χ2v) is 10.3. The molecule has 5 rings (SSSR count). The average molecular weight is 451 g/mol. The van der Waals surface area contributed by atoms with Crippen LogP contribution in [0.1, 0.15) is 53.5 Å². The fraction of sp³-hybridized carbons (Fsp3) is 0.267. The van der Waals surface area contributed by atoms with Crippen LogP contribution in [0.15, 0.2) is 66.7 Å². The van der Waals surface area contributed by atoms with Crippen molar-refractivity contribution in [3.05, 3.63) is 94.7 Å². The van der Waals surface area contributed by atoms with Gasteiger partial charge in [0.2, 0.25) is 0 Å². The molecule has 0 radical (unpaired) electrons. The predicted octanol–water partition coefficient (Wildman–Crippen LogP) is 6.79. The molecule has 2 N–H and O–H groups in total. The zero-order valence-corrected chi connectivity index (χ0v) is 20.1. The number of pyridine rings is 1. The Morgan fingerprint density at radius 2 is 1.56 bits per heavy atom. The van der Waals surface area contributed by atoms with Gasteiger partial charge in [0, 0.05) is 22.7 Å². The van der Waals surface area contributed by atoms with Gasteiger partial charge in [0.15, 0.2) is 0 Å². The van der Waals surface area contributed by atoms with Gasteiger partial charge in [-0.25, -0.2) is 4.79 Å². The van der Waals surface area contributed by atoms with E-state index >= 15 is 0 Å². The van der Waals surface area contributed by atoms with E-state index in [2.05, 4.69) is 56.4 Å². The van der Waals surface area contributed by atoms with Crippen molar-refractivity contribution in [2.24, 2.45) is 0 Å². The van der Waals surface area contributed by atoms with Gasteiger partial charge in [0.05, 0.1) is 16.8 Å². The minimum Gasteiger partial charge on any atom is -0.478 e. The summed E-state index contributed by atoms with van der Waals surface area (Å²) in [6, 6.07) is 22.9. The first-order valence-corrected chi connectivity index (χ1v) is 11.8. The molecule has 1 aliphatic rings. The molecule has 1 aliphatic carbocycles. The number of hydrogen-bond acceptors (Lipinski definition) is 3. The van der Waals surface area contributed by atoms with Crippen molar-refractivity contribution in [3.8, 4) is 11.1 Å². The number of nitrogens with one attached hydrogen (secondary N) is 1. The Morgan fingerprint density at radius 1 is 0.941 bits per heavy atom. The molecule has 0 saturated carbocycles. The third-order valence-electron chi connectivity index (χ3n) is 6.77. The molecule has 1 heterocycles. The molecule has 0 spiro atoms. The third kappa shape index (κ3) is 3.83. The molecule has 4 heteroatoms. The standard InChI is InChI=1S/C30H30N2O2/c1-18-25(29(33)34)26(19-10-6-5-7-11-19)27-23(31-18)14-15-24(28(27)30(2,3)4)32-22-16-20-12-8-9-13-21(20)17-22/h5-15,22,32H,16-17H2,1-4H3,(H,33,34). The fourth-order valence-electron chi connectivity index (χ4n) is 5.42. The quantitative estimate of drug-likeness (QED) is 0.359. The first-order chi connectivity index (χ1) is 16.2. The Bertz CT molecular complexity index is 1380. The fourth-order valence-corrected chi connectivity index (χ4v) is 5.42. The topological polar surface area (TPSA) is 62.2 Å². The van der Waals surface area contributed by atoms with Gasteiger partial charge in [-0.3, -0.25) is 4.98 Å². The highest BCUT2D eigenvalue weighted by atomic mass is 16.4. The van der Waals surface area contributed by atoms with Crippen molar-refractivity contribution in [2.45, 2.75) is 52.0 Å². The monoisotopic (exact) mass is 450 g/mol. The summed E-state index contributed by atoms with van der Waals surface area (Å²) in [5.74, 6) is -0.949. The summed E-state index contributed by atoms with van der Waals surface area (Å²) >= 11 is 0. The second kappa shape index (κ2) is 8.28. The summed E-state index contributed by atoms with van der Waals surface area (Å²) in [6.45, 7) is 8.34. The molecule has 3 aromatic carbocycles. The lowest BCUT2D eigenvalue weighted by Gasteiger charge is -2.29. The summed E-state index contributed by atoms with van der Waals surface area (Å²) in [4.78, 5) is 17.2. The molecule has 0 saturated heterocycles. The van der Waals surface area contributed by atoms with E-state index in [9.17, 15) is 9.90 Å². The number of nitrogens with zero attached hydrogens (tertiary/aromatic N) is 1. The first kappa shape index (κ1) is 22.1. The van der Waals surface area contributed by atoms with Crippen molar-refractivity contribution in [3.63, 3.8) is 0 Å². The molecule has 0 aliphatic heterocycles. The minimum absolute atomic E-state index is 0.233. The number of aryl methyl sites for hydroxylation is 1. The van der Waals surface area contributed by atoms with Gasteiger partial charge in [-0.1, -0.05) is 75.4 Å². The minimum atomic E-state index is -0.949. The van der Waals surface area contributed by atoms with Crippen LogP contribution >= 0.6 is 0 Å². The summed E-state index contributed by atoms with van der Waals surface area (Å²) in [7, 11) is 0. The Balaban J connectivity index is 1.76. The molecule has 0 amide bonds. The maximum Gasteiger partial charge on any atom is 0.338 e. The molecule has 0 fully saturated rings. The lowest BCUT2D eigenvalue weighted by atomic mass is 9.79. The largest absolute Gasteiger partial charge is 0.478 e. The molecule has 172 valence electrons. The molecule has 0 unspecified atom stereocenters. The zero-order valence-electron chi connectivity index (χ0n) is 20.1. The number of carbonyl (C=O) groups is 1. The lowest BCUT2D eigenvalue weighted by Crippen LogP contribution is -2.24. The van der Waals surface area contributed by atoms with Crippen LogP contribution in [-0.4, -0.2) is 22.1 Å². The van der Waals surface area contributed by atoms with E-state index in [0.717, 1.165) is 46.1 Å². The van der Waals surface area contributed by atoms with Crippen molar-refractivity contribution in [1.82, 2.24) is 4.98 Å². The second-order valence-electron chi connectivity index (χ2n) is 10.3. The highest BCUT2D eigenvalue weighted by Crippen LogP contribution is 2.43.